The zero-order chi connectivity index (χ0) is 12.7. The van der Waals surface area contributed by atoms with Gasteiger partial charge < -0.3 is 10.1 Å². The lowest BCUT2D eigenvalue weighted by molar-refractivity contribution is 0.0593. The second-order valence-corrected chi connectivity index (χ2v) is 3.44. The predicted octanol–water partition coefficient (Wildman–Crippen LogP) is 1.48. The first-order valence-corrected chi connectivity index (χ1v) is 5.31. The normalized spacial score (nSPS) is 11.4. The highest BCUT2D eigenvalue weighted by atomic mass is 16.5. The molecule has 1 N–H and O–H groups in total. The molecule has 0 aromatic carbocycles. The van der Waals surface area contributed by atoms with Crippen molar-refractivity contribution in [2.45, 2.75) is 25.8 Å². The molecule has 1 rings (SSSR count). The number of carbonyl (C=O) groups is 1. The molecule has 5 heteroatoms. The highest BCUT2D eigenvalue weighted by Gasteiger charge is 2.09. The molecule has 0 aliphatic heterocycles. The fraction of sp³-hybridized carbons (Fsp3) is 0.417. The molecule has 0 saturated heterocycles. The zero-order valence-corrected chi connectivity index (χ0v) is 9.93. The van der Waals surface area contributed by atoms with Crippen LogP contribution in [-0.4, -0.2) is 29.1 Å². The van der Waals surface area contributed by atoms with Gasteiger partial charge in [0.15, 0.2) is 5.69 Å². The number of rotatable bonds is 5. The molecule has 1 aromatic heterocycles. The fourth-order valence-corrected chi connectivity index (χ4v) is 1.26. The van der Waals surface area contributed by atoms with Crippen molar-refractivity contribution in [3.63, 3.8) is 0 Å². The van der Waals surface area contributed by atoms with Gasteiger partial charge in [0.1, 0.15) is 5.82 Å². The highest BCUT2D eigenvalue weighted by Crippen LogP contribution is 2.08. The summed E-state index contributed by atoms with van der Waals surface area (Å²) < 4.78 is 4.53. The van der Waals surface area contributed by atoms with Crippen molar-refractivity contribution < 1.29 is 9.53 Å². The molecule has 1 heterocycles. The van der Waals surface area contributed by atoms with Crippen LogP contribution >= 0.6 is 0 Å². The lowest BCUT2D eigenvalue weighted by atomic mass is 10.1. The number of aromatic nitrogens is 2. The van der Waals surface area contributed by atoms with Gasteiger partial charge in [-0.05, 0) is 6.42 Å². The first kappa shape index (κ1) is 13.0. The molecule has 0 saturated carbocycles. The van der Waals surface area contributed by atoms with Gasteiger partial charge in [-0.1, -0.05) is 6.92 Å². The summed E-state index contributed by atoms with van der Waals surface area (Å²) in [6, 6.07) is 0.165. The number of carbonyl (C=O) groups excluding carboxylic acids is 1. The number of terminal acetylenes is 1. The first-order valence-electron chi connectivity index (χ1n) is 5.31. The SMILES string of the molecule is C#CCC(CC)Nc1cnc(C(=O)OC)cn1. The molecule has 0 aliphatic rings. The monoisotopic (exact) mass is 233 g/mol. The Hall–Kier alpha value is -2.09. The number of hydrogen-bond donors (Lipinski definition) is 1. The third kappa shape index (κ3) is 3.76. The second kappa shape index (κ2) is 6.48. The van der Waals surface area contributed by atoms with Crippen LogP contribution < -0.4 is 5.32 Å². The molecule has 1 aromatic rings. The van der Waals surface area contributed by atoms with Crippen LogP contribution in [0.25, 0.3) is 0 Å². The van der Waals surface area contributed by atoms with Gasteiger partial charge in [-0.3, -0.25) is 0 Å². The van der Waals surface area contributed by atoms with E-state index in [2.05, 4.69) is 25.9 Å². The van der Waals surface area contributed by atoms with Crippen molar-refractivity contribution in [3.8, 4) is 12.3 Å². The van der Waals surface area contributed by atoms with E-state index in [1.165, 1.54) is 19.5 Å². The number of nitrogens with one attached hydrogen (secondary N) is 1. The Kier molecular flexibility index (Phi) is 4.95. The average molecular weight is 233 g/mol. The Labute approximate surface area is 101 Å². The molecule has 0 spiro atoms. The van der Waals surface area contributed by atoms with Gasteiger partial charge in [-0.15, -0.1) is 12.3 Å². The number of ether oxygens (including phenoxy) is 1. The standard InChI is InChI=1S/C12H15N3O2/c1-4-6-9(5-2)15-11-8-13-10(7-14-11)12(16)17-3/h1,7-9H,5-6H2,2-3H3,(H,14,15). The van der Waals surface area contributed by atoms with Crippen LogP contribution in [0.4, 0.5) is 5.82 Å². The van der Waals surface area contributed by atoms with Crippen molar-refractivity contribution in [3.05, 3.63) is 18.1 Å². The molecule has 0 amide bonds. The van der Waals surface area contributed by atoms with Crippen LogP contribution in [0.15, 0.2) is 12.4 Å². The summed E-state index contributed by atoms with van der Waals surface area (Å²) >= 11 is 0. The Morgan fingerprint density at radius 1 is 1.59 bits per heavy atom. The van der Waals surface area contributed by atoms with E-state index in [0.717, 1.165) is 6.42 Å². The van der Waals surface area contributed by atoms with E-state index in [-0.39, 0.29) is 11.7 Å². The van der Waals surface area contributed by atoms with Crippen molar-refractivity contribution in [1.82, 2.24) is 9.97 Å². The number of methoxy groups -OCH3 is 1. The van der Waals surface area contributed by atoms with E-state index < -0.39 is 5.97 Å². The van der Waals surface area contributed by atoms with Gasteiger partial charge in [-0.25, -0.2) is 14.8 Å². The van der Waals surface area contributed by atoms with Gasteiger partial charge in [0, 0.05) is 12.5 Å². The minimum Gasteiger partial charge on any atom is -0.464 e. The lowest BCUT2D eigenvalue weighted by Gasteiger charge is -2.14. The Balaban J connectivity index is 2.68. The molecular formula is C12H15N3O2. The van der Waals surface area contributed by atoms with Crippen LogP contribution in [0.3, 0.4) is 0 Å². The van der Waals surface area contributed by atoms with E-state index in [4.69, 9.17) is 6.42 Å². The van der Waals surface area contributed by atoms with E-state index in [0.29, 0.717) is 12.2 Å². The summed E-state index contributed by atoms with van der Waals surface area (Å²) in [6.45, 7) is 2.03. The van der Waals surface area contributed by atoms with Crippen molar-refractivity contribution in [2.24, 2.45) is 0 Å². The molecule has 1 unspecified atom stereocenters. The summed E-state index contributed by atoms with van der Waals surface area (Å²) in [7, 11) is 1.30. The number of anilines is 1. The van der Waals surface area contributed by atoms with Crippen molar-refractivity contribution in [1.29, 1.82) is 0 Å². The van der Waals surface area contributed by atoms with E-state index >= 15 is 0 Å². The van der Waals surface area contributed by atoms with Crippen LogP contribution in [0.1, 0.15) is 30.3 Å². The molecule has 90 valence electrons. The van der Waals surface area contributed by atoms with Gasteiger partial charge >= 0.3 is 5.97 Å². The van der Waals surface area contributed by atoms with Crippen LogP contribution in [-0.2, 0) is 4.74 Å². The third-order valence-electron chi connectivity index (χ3n) is 2.26. The fourth-order valence-electron chi connectivity index (χ4n) is 1.26. The maximum Gasteiger partial charge on any atom is 0.358 e. The molecular weight excluding hydrogens is 218 g/mol. The minimum atomic E-state index is -0.500. The van der Waals surface area contributed by atoms with Crippen molar-refractivity contribution in [2.75, 3.05) is 12.4 Å². The van der Waals surface area contributed by atoms with Gasteiger partial charge in [0.05, 0.1) is 19.5 Å². The van der Waals surface area contributed by atoms with Gasteiger partial charge in [-0.2, -0.15) is 0 Å². The second-order valence-electron chi connectivity index (χ2n) is 3.44. The van der Waals surface area contributed by atoms with Crippen LogP contribution in [0.5, 0.6) is 0 Å². The van der Waals surface area contributed by atoms with E-state index in [1.807, 2.05) is 6.92 Å². The number of nitrogens with zero attached hydrogens (tertiary/aromatic N) is 2. The van der Waals surface area contributed by atoms with E-state index in [9.17, 15) is 4.79 Å². The minimum absolute atomic E-state index is 0.165. The summed E-state index contributed by atoms with van der Waals surface area (Å²) in [6.07, 6.45) is 9.63. The molecule has 0 fully saturated rings. The largest absolute Gasteiger partial charge is 0.464 e. The Bertz CT molecular complexity index is 409. The summed E-state index contributed by atoms with van der Waals surface area (Å²) in [5.41, 5.74) is 0.183. The Morgan fingerprint density at radius 2 is 2.35 bits per heavy atom. The number of esters is 1. The lowest BCUT2D eigenvalue weighted by Crippen LogP contribution is -2.19. The maximum absolute atomic E-state index is 11.1. The maximum atomic E-state index is 11.1. The first-order chi connectivity index (χ1) is 8.21. The molecule has 1 atom stereocenters. The average Bonchev–Trinajstić information content (AvgIpc) is 2.38. The van der Waals surface area contributed by atoms with Gasteiger partial charge in [0.25, 0.3) is 0 Å². The smallest absolute Gasteiger partial charge is 0.358 e. The molecule has 17 heavy (non-hydrogen) atoms. The number of hydrogen-bond acceptors (Lipinski definition) is 5. The van der Waals surface area contributed by atoms with Crippen LogP contribution in [0, 0.1) is 12.3 Å². The summed E-state index contributed by atoms with van der Waals surface area (Å²) in [4.78, 5) is 19.2. The summed E-state index contributed by atoms with van der Waals surface area (Å²) in [5, 5.41) is 3.15. The van der Waals surface area contributed by atoms with Gasteiger partial charge in [0.2, 0.25) is 0 Å². The topological polar surface area (TPSA) is 64.1 Å². The third-order valence-corrected chi connectivity index (χ3v) is 2.26. The van der Waals surface area contributed by atoms with Crippen molar-refractivity contribution >= 4 is 11.8 Å². The Morgan fingerprint density at radius 3 is 2.82 bits per heavy atom. The highest BCUT2D eigenvalue weighted by molar-refractivity contribution is 5.86. The molecule has 0 radical (unpaired) electrons. The predicted molar refractivity (Wildman–Crippen MR) is 64.5 cm³/mol. The molecule has 0 aliphatic carbocycles. The molecule has 5 nitrogen and oxygen atoms in total. The molecule has 0 bridgehead atoms. The van der Waals surface area contributed by atoms with Crippen LogP contribution in [0.2, 0.25) is 0 Å². The van der Waals surface area contributed by atoms with E-state index in [1.54, 1.807) is 0 Å². The zero-order valence-electron chi connectivity index (χ0n) is 9.93. The quantitative estimate of drug-likeness (QED) is 0.616. The summed E-state index contributed by atoms with van der Waals surface area (Å²) in [5.74, 6) is 2.69.